The Morgan fingerprint density at radius 1 is 1.13 bits per heavy atom. The van der Waals surface area contributed by atoms with Crippen molar-refractivity contribution in [3.05, 3.63) is 60.5 Å². The van der Waals surface area contributed by atoms with Crippen LogP contribution in [0.2, 0.25) is 0 Å². The Kier molecular flexibility index (Phi) is 6.61. The lowest BCUT2D eigenvalue weighted by atomic mass is 10.1. The number of hydrogen-bond donors (Lipinski definition) is 0. The van der Waals surface area contributed by atoms with Crippen LogP contribution in [0.5, 0.6) is 5.75 Å². The van der Waals surface area contributed by atoms with Gasteiger partial charge in [-0.2, -0.15) is 4.98 Å². The molecule has 0 aliphatic carbocycles. The van der Waals surface area contributed by atoms with E-state index >= 15 is 0 Å². The van der Waals surface area contributed by atoms with Crippen LogP contribution in [-0.2, 0) is 12.2 Å². The fourth-order valence-corrected chi connectivity index (χ4v) is 3.85. The van der Waals surface area contributed by atoms with Crippen molar-refractivity contribution in [2.24, 2.45) is 5.92 Å². The minimum absolute atomic E-state index is 0.475. The minimum atomic E-state index is 0.475. The molecular formula is C22H24N6O2S. The molecule has 0 aliphatic rings. The number of thioether (sulfide) groups is 1. The average Bonchev–Trinajstić information content (AvgIpc) is 3.40. The molecule has 0 fully saturated rings. The summed E-state index contributed by atoms with van der Waals surface area (Å²) in [5, 5.41) is 13.7. The molecule has 3 aromatic heterocycles. The number of benzene rings is 1. The van der Waals surface area contributed by atoms with Crippen LogP contribution < -0.4 is 4.74 Å². The van der Waals surface area contributed by atoms with E-state index in [-0.39, 0.29) is 0 Å². The zero-order valence-electron chi connectivity index (χ0n) is 17.7. The van der Waals surface area contributed by atoms with Crippen molar-refractivity contribution in [3.63, 3.8) is 0 Å². The molecule has 0 N–H and O–H groups in total. The number of pyridine rings is 1. The third-order valence-electron chi connectivity index (χ3n) is 4.38. The highest BCUT2D eigenvalue weighted by Gasteiger charge is 2.18. The maximum absolute atomic E-state index is 5.57. The number of nitrogens with zero attached hydrogens (tertiary/aromatic N) is 6. The molecule has 0 spiro atoms. The van der Waals surface area contributed by atoms with Crippen molar-refractivity contribution in [2.75, 3.05) is 6.61 Å². The first-order chi connectivity index (χ1) is 15.1. The Morgan fingerprint density at radius 3 is 2.68 bits per heavy atom. The average molecular weight is 437 g/mol. The fraction of sp³-hybridized carbons (Fsp3) is 0.318. The summed E-state index contributed by atoms with van der Waals surface area (Å²) < 4.78 is 13.0. The molecule has 0 amide bonds. The van der Waals surface area contributed by atoms with Gasteiger partial charge in [0.25, 0.3) is 0 Å². The zero-order chi connectivity index (χ0) is 21.6. The fourth-order valence-electron chi connectivity index (χ4n) is 3.06. The topological polar surface area (TPSA) is 91.8 Å². The van der Waals surface area contributed by atoms with E-state index < -0.39 is 0 Å². The first-order valence-electron chi connectivity index (χ1n) is 10.2. The smallest absolute Gasteiger partial charge is 0.237 e. The Morgan fingerprint density at radius 2 is 1.97 bits per heavy atom. The van der Waals surface area contributed by atoms with Crippen molar-refractivity contribution in [1.29, 1.82) is 0 Å². The Hall–Kier alpha value is -3.20. The van der Waals surface area contributed by atoms with Crippen LogP contribution in [-0.4, -0.2) is 36.5 Å². The second-order valence-corrected chi connectivity index (χ2v) is 8.24. The SMILES string of the molecule is CCOc1ccc(-n2c(SCc3nc(CC(C)C)no3)nnc2-c2cccnc2)cc1. The van der Waals surface area contributed by atoms with Gasteiger partial charge in [0.2, 0.25) is 5.89 Å². The molecule has 0 atom stereocenters. The predicted octanol–water partition coefficient (Wildman–Crippen LogP) is 4.60. The summed E-state index contributed by atoms with van der Waals surface area (Å²) in [6, 6.07) is 11.7. The molecule has 0 saturated carbocycles. The highest BCUT2D eigenvalue weighted by atomic mass is 32.2. The number of rotatable bonds is 9. The predicted molar refractivity (Wildman–Crippen MR) is 118 cm³/mol. The minimum Gasteiger partial charge on any atom is -0.494 e. The van der Waals surface area contributed by atoms with E-state index in [0.29, 0.717) is 30.0 Å². The molecule has 4 aromatic rings. The molecule has 9 heteroatoms. The summed E-state index contributed by atoms with van der Waals surface area (Å²) in [6.07, 6.45) is 4.31. The maximum atomic E-state index is 5.57. The van der Waals surface area contributed by atoms with Crippen LogP contribution in [0.1, 0.15) is 32.5 Å². The lowest BCUT2D eigenvalue weighted by molar-refractivity contribution is 0.340. The van der Waals surface area contributed by atoms with Gasteiger partial charge in [-0.05, 0) is 49.2 Å². The third-order valence-corrected chi connectivity index (χ3v) is 5.30. The van der Waals surface area contributed by atoms with Crippen LogP contribution in [0.4, 0.5) is 0 Å². The van der Waals surface area contributed by atoms with Crippen molar-refractivity contribution >= 4 is 11.8 Å². The number of hydrogen-bond acceptors (Lipinski definition) is 8. The van der Waals surface area contributed by atoms with Crippen LogP contribution in [0.15, 0.2) is 58.5 Å². The molecule has 0 aliphatic heterocycles. The van der Waals surface area contributed by atoms with Crippen molar-refractivity contribution in [3.8, 4) is 22.8 Å². The van der Waals surface area contributed by atoms with Crippen molar-refractivity contribution < 1.29 is 9.26 Å². The van der Waals surface area contributed by atoms with E-state index in [1.165, 1.54) is 11.8 Å². The zero-order valence-corrected chi connectivity index (χ0v) is 18.5. The molecule has 0 unspecified atom stereocenters. The molecule has 1 aromatic carbocycles. The Balaban J connectivity index is 1.63. The highest BCUT2D eigenvalue weighted by molar-refractivity contribution is 7.98. The van der Waals surface area contributed by atoms with E-state index in [1.54, 1.807) is 12.4 Å². The molecule has 160 valence electrons. The highest BCUT2D eigenvalue weighted by Crippen LogP contribution is 2.30. The summed E-state index contributed by atoms with van der Waals surface area (Å²) >= 11 is 1.50. The monoisotopic (exact) mass is 436 g/mol. The lowest BCUT2D eigenvalue weighted by Crippen LogP contribution is -2.01. The summed E-state index contributed by atoms with van der Waals surface area (Å²) in [5.74, 6) is 3.82. The van der Waals surface area contributed by atoms with Crippen molar-refractivity contribution in [1.82, 2.24) is 29.9 Å². The lowest BCUT2D eigenvalue weighted by Gasteiger charge is -2.11. The van der Waals surface area contributed by atoms with E-state index in [4.69, 9.17) is 9.26 Å². The van der Waals surface area contributed by atoms with Gasteiger partial charge in [-0.15, -0.1) is 10.2 Å². The van der Waals surface area contributed by atoms with Gasteiger partial charge in [0.1, 0.15) is 5.75 Å². The molecule has 0 bridgehead atoms. The number of aromatic nitrogens is 6. The second-order valence-electron chi connectivity index (χ2n) is 7.30. The molecule has 3 heterocycles. The second kappa shape index (κ2) is 9.74. The standard InChI is InChI=1S/C22H24N6O2S/c1-4-29-18-9-7-17(8-10-18)28-21(16-6-5-11-23-13-16)25-26-22(28)31-14-20-24-19(27-30-20)12-15(2)3/h5-11,13,15H,4,12,14H2,1-3H3. The molecular weight excluding hydrogens is 412 g/mol. The largest absolute Gasteiger partial charge is 0.494 e. The third kappa shape index (κ3) is 5.11. The summed E-state index contributed by atoms with van der Waals surface area (Å²) in [7, 11) is 0. The maximum Gasteiger partial charge on any atom is 0.237 e. The van der Waals surface area contributed by atoms with E-state index in [9.17, 15) is 0 Å². The molecule has 8 nitrogen and oxygen atoms in total. The number of ether oxygens (including phenoxy) is 1. The van der Waals surface area contributed by atoms with Gasteiger partial charge in [-0.25, -0.2) is 0 Å². The summed E-state index contributed by atoms with van der Waals surface area (Å²) in [5.41, 5.74) is 1.81. The van der Waals surface area contributed by atoms with Crippen LogP contribution in [0.25, 0.3) is 17.1 Å². The molecule has 0 radical (unpaired) electrons. The Labute approximate surface area is 185 Å². The van der Waals surface area contributed by atoms with Gasteiger partial charge in [0.05, 0.1) is 12.4 Å². The Bertz CT molecular complexity index is 1110. The quantitative estimate of drug-likeness (QED) is 0.352. The normalized spacial score (nSPS) is 11.2. The van der Waals surface area contributed by atoms with Crippen LogP contribution in [0.3, 0.4) is 0 Å². The first-order valence-corrected chi connectivity index (χ1v) is 11.2. The summed E-state index contributed by atoms with van der Waals surface area (Å²) in [6.45, 7) is 6.85. The van der Waals surface area contributed by atoms with E-state index in [0.717, 1.165) is 34.4 Å². The van der Waals surface area contributed by atoms with Crippen LogP contribution in [0, 0.1) is 5.92 Å². The van der Waals surface area contributed by atoms with Gasteiger partial charge >= 0.3 is 0 Å². The van der Waals surface area contributed by atoms with Gasteiger partial charge in [0, 0.05) is 30.1 Å². The molecule has 4 rings (SSSR count). The summed E-state index contributed by atoms with van der Waals surface area (Å²) in [4.78, 5) is 8.70. The first kappa shape index (κ1) is 21.0. The van der Waals surface area contributed by atoms with E-state index in [1.807, 2.05) is 47.9 Å². The van der Waals surface area contributed by atoms with Gasteiger partial charge < -0.3 is 9.26 Å². The molecule has 31 heavy (non-hydrogen) atoms. The van der Waals surface area contributed by atoms with E-state index in [2.05, 4.69) is 39.2 Å². The van der Waals surface area contributed by atoms with Gasteiger partial charge in [-0.1, -0.05) is 30.8 Å². The van der Waals surface area contributed by atoms with Gasteiger partial charge in [-0.3, -0.25) is 9.55 Å². The van der Waals surface area contributed by atoms with Gasteiger partial charge in [0.15, 0.2) is 16.8 Å². The van der Waals surface area contributed by atoms with Crippen LogP contribution >= 0.6 is 11.8 Å². The van der Waals surface area contributed by atoms with Crippen molar-refractivity contribution in [2.45, 2.75) is 38.1 Å². The molecule has 0 saturated heterocycles.